The normalized spacial score (nSPS) is 15.0. The summed E-state index contributed by atoms with van der Waals surface area (Å²) in [5, 5.41) is 4.02. The second kappa shape index (κ2) is 4.72. The monoisotopic (exact) mass is 263 g/mol. The van der Waals surface area contributed by atoms with Gasteiger partial charge in [-0.15, -0.1) is 11.3 Å². The van der Waals surface area contributed by atoms with Crippen LogP contribution in [-0.2, 0) is 0 Å². The lowest BCUT2D eigenvalue weighted by Crippen LogP contribution is -2.03. The standard InChI is InChI=1S/C13H17N3OS/c1-8-7-10-11(17-6-5-9-3-4-9)15-13(14-2)16-12(10)18-8/h7,9H,3-6H2,1-2H3,(H,14,15,16). The van der Waals surface area contributed by atoms with Gasteiger partial charge in [-0.05, 0) is 25.3 Å². The summed E-state index contributed by atoms with van der Waals surface area (Å²) in [7, 11) is 1.83. The zero-order valence-electron chi connectivity index (χ0n) is 10.7. The van der Waals surface area contributed by atoms with Crippen LogP contribution in [0.4, 0.5) is 5.95 Å². The predicted octanol–water partition coefficient (Wildman–Crippen LogP) is 3.22. The minimum Gasteiger partial charge on any atom is -0.477 e. The molecule has 0 amide bonds. The van der Waals surface area contributed by atoms with E-state index in [0.29, 0.717) is 11.8 Å². The van der Waals surface area contributed by atoms with Crippen LogP contribution in [0.2, 0.25) is 0 Å². The van der Waals surface area contributed by atoms with Gasteiger partial charge in [-0.25, -0.2) is 4.98 Å². The van der Waals surface area contributed by atoms with Crippen molar-refractivity contribution in [2.24, 2.45) is 5.92 Å². The molecule has 0 bridgehead atoms. The fraction of sp³-hybridized carbons (Fsp3) is 0.538. The van der Waals surface area contributed by atoms with E-state index in [0.717, 1.165) is 29.2 Å². The number of fused-ring (bicyclic) bond motifs is 1. The van der Waals surface area contributed by atoms with Crippen LogP contribution >= 0.6 is 11.3 Å². The molecule has 1 aliphatic carbocycles. The Balaban J connectivity index is 1.86. The number of hydrogen-bond donors (Lipinski definition) is 1. The molecule has 0 unspecified atom stereocenters. The maximum atomic E-state index is 5.84. The SMILES string of the molecule is CNc1nc(OCCC2CC2)c2cc(C)sc2n1. The van der Waals surface area contributed by atoms with E-state index >= 15 is 0 Å². The zero-order valence-corrected chi connectivity index (χ0v) is 11.5. The lowest BCUT2D eigenvalue weighted by Gasteiger charge is -2.07. The molecule has 2 aromatic heterocycles. The molecule has 18 heavy (non-hydrogen) atoms. The topological polar surface area (TPSA) is 47.0 Å². The second-order valence-corrected chi connectivity index (χ2v) is 5.99. The van der Waals surface area contributed by atoms with Gasteiger partial charge in [0.05, 0.1) is 12.0 Å². The van der Waals surface area contributed by atoms with Crippen molar-refractivity contribution in [3.63, 3.8) is 0 Å². The number of aromatic nitrogens is 2. The smallest absolute Gasteiger partial charge is 0.227 e. The van der Waals surface area contributed by atoms with Crippen LogP contribution in [0.1, 0.15) is 24.1 Å². The molecule has 4 nitrogen and oxygen atoms in total. The number of nitrogens with one attached hydrogen (secondary N) is 1. The highest BCUT2D eigenvalue weighted by molar-refractivity contribution is 7.18. The van der Waals surface area contributed by atoms with Crippen LogP contribution in [0.25, 0.3) is 10.2 Å². The molecule has 2 heterocycles. The maximum absolute atomic E-state index is 5.84. The van der Waals surface area contributed by atoms with Crippen molar-refractivity contribution in [1.82, 2.24) is 9.97 Å². The second-order valence-electron chi connectivity index (χ2n) is 4.76. The third-order valence-corrected chi connectivity index (χ3v) is 4.11. The molecule has 0 aromatic carbocycles. The van der Waals surface area contributed by atoms with Gasteiger partial charge in [0.15, 0.2) is 0 Å². The van der Waals surface area contributed by atoms with Crippen LogP contribution in [0.5, 0.6) is 5.88 Å². The molecule has 1 fully saturated rings. The van der Waals surface area contributed by atoms with E-state index in [9.17, 15) is 0 Å². The average Bonchev–Trinajstić information content (AvgIpc) is 3.09. The highest BCUT2D eigenvalue weighted by Crippen LogP contribution is 2.34. The van der Waals surface area contributed by atoms with E-state index < -0.39 is 0 Å². The van der Waals surface area contributed by atoms with Crippen LogP contribution < -0.4 is 10.1 Å². The van der Waals surface area contributed by atoms with Gasteiger partial charge in [-0.2, -0.15) is 4.98 Å². The Morgan fingerprint density at radius 1 is 1.44 bits per heavy atom. The number of nitrogens with zero attached hydrogens (tertiary/aromatic N) is 2. The van der Waals surface area contributed by atoms with Crippen LogP contribution in [0.3, 0.4) is 0 Å². The van der Waals surface area contributed by atoms with Crippen molar-refractivity contribution < 1.29 is 4.74 Å². The molecule has 0 radical (unpaired) electrons. The van der Waals surface area contributed by atoms with Crippen molar-refractivity contribution >= 4 is 27.5 Å². The summed E-state index contributed by atoms with van der Waals surface area (Å²) in [5.74, 6) is 2.23. The van der Waals surface area contributed by atoms with Gasteiger partial charge in [-0.3, -0.25) is 0 Å². The van der Waals surface area contributed by atoms with Crippen molar-refractivity contribution in [2.75, 3.05) is 19.0 Å². The van der Waals surface area contributed by atoms with Gasteiger partial charge >= 0.3 is 0 Å². The summed E-state index contributed by atoms with van der Waals surface area (Å²) >= 11 is 1.68. The number of rotatable bonds is 5. The number of thiophene rings is 1. The zero-order chi connectivity index (χ0) is 12.5. The summed E-state index contributed by atoms with van der Waals surface area (Å²) in [6.45, 7) is 2.84. The predicted molar refractivity (Wildman–Crippen MR) is 74.5 cm³/mol. The summed E-state index contributed by atoms with van der Waals surface area (Å²) in [4.78, 5) is 11.1. The minimum atomic E-state index is 0.630. The fourth-order valence-electron chi connectivity index (χ4n) is 1.97. The van der Waals surface area contributed by atoms with E-state index in [-0.39, 0.29) is 0 Å². The molecule has 0 saturated heterocycles. The van der Waals surface area contributed by atoms with Crippen molar-refractivity contribution in [1.29, 1.82) is 0 Å². The molecule has 1 saturated carbocycles. The van der Waals surface area contributed by atoms with Gasteiger partial charge in [0.25, 0.3) is 0 Å². The lowest BCUT2D eigenvalue weighted by molar-refractivity contribution is 0.295. The minimum absolute atomic E-state index is 0.630. The molecular weight excluding hydrogens is 246 g/mol. The van der Waals surface area contributed by atoms with Gasteiger partial charge in [0.2, 0.25) is 11.8 Å². The van der Waals surface area contributed by atoms with Crippen molar-refractivity contribution in [2.45, 2.75) is 26.2 Å². The summed E-state index contributed by atoms with van der Waals surface area (Å²) in [6, 6.07) is 2.10. The summed E-state index contributed by atoms with van der Waals surface area (Å²) < 4.78 is 5.84. The number of ether oxygens (including phenoxy) is 1. The largest absolute Gasteiger partial charge is 0.477 e. The number of hydrogen-bond acceptors (Lipinski definition) is 5. The van der Waals surface area contributed by atoms with E-state index in [1.165, 1.54) is 17.7 Å². The molecule has 3 rings (SSSR count). The van der Waals surface area contributed by atoms with Crippen molar-refractivity contribution in [3.05, 3.63) is 10.9 Å². The van der Waals surface area contributed by atoms with Gasteiger partial charge in [-0.1, -0.05) is 12.8 Å². The summed E-state index contributed by atoms with van der Waals surface area (Å²) in [5.41, 5.74) is 0. The number of aryl methyl sites for hydroxylation is 1. The molecule has 0 aliphatic heterocycles. The first kappa shape index (κ1) is 11.7. The van der Waals surface area contributed by atoms with Gasteiger partial charge in [0.1, 0.15) is 4.83 Å². The Hall–Kier alpha value is -1.36. The van der Waals surface area contributed by atoms with E-state index in [1.807, 2.05) is 7.05 Å². The molecule has 0 atom stereocenters. The Morgan fingerprint density at radius 2 is 2.28 bits per heavy atom. The fourth-order valence-corrected chi connectivity index (χ4v) is 2.84. The molecule has 2 aromatic rings. The van der Waals surface area contributed by atoms with Crippen molar-refractivity contribution in [3.8, 4) is 5.88 Å². The Morgan fingerprint density at radius 3 is 3.00 bits per heavy atom. The van der Waals surface area contributed by atoms with E-state index in [1.54, 1.807) is 11.3 Å². The molecule has 5 heteroatoms. The third kappa shape index (κ3) is 2.41. The quantitative estimate of drug-likeness (QED) is 0.899. The molecule has 1 N–H and O–H groups in total. The first-order valence-electron chi connectivity index (χ1n) is 6.35. The Bertz CT molecular complexity index is 563. The van der Waals surface area contributed by atoms with Crippen LogP contribution in [0, 0.1) is 12.8 Å². The molecule has 0 spiro atoms. The van der Waals surface area contributed by atoms with E-state index in [2.05, 4.69) is 28.3 Å². The van der Waals surface area contributed by atoms with Crippen LogP contribution in [-0.4, -0.2) is 23.6 Å². The molecular formula is C13H17N3OS. The van der Waals surface area contributed by atoms with E-state index in [4.69, 9.17) is 4.74 Å². The molecule has 96 valence electrons. The highest BCUT2D eigenvalue weighted by atomic mass is 32.1. The van der Waals surface area contributed by atoms with Gasteiger partial charge < -0.3 is 10.1 Å². The lowest BCUT2D eigenvalue weighted by atomic mass is 10.3. The molecule has 1 aliphatic rings. The first-order chi connectivity index (χ1) is 8.76. The third-order valence-electron chi connectivity index (χ3n) is 3.17. The van der Waals surface area contributed by atoms with Crippen LogP contribution in [0.15, 0.2) is 6.07 Å². The first-order valence-corrected chi connectivity index (χ1v) is 7.16. The Kier molecular flexibility index (Phi) is 3.07. The Labute approximate surface area is 110 Å². The summed E-state index contributed by atoms with van der Waals surface area (Å²) in [6.07, 6.45) is 3.87. The van der Waals surface area contributed by atoms with Gasteiger partial charge in [0, 0.05) is 11.9 Å². The highest BCUT2D eigenvalue weighted by Gasteiger charge is 2.21. The number of anilines is 1. The maximum Gasteiger partial charge on any atom is 0.227 e. The average molecular weight is 263 g/mol.